The highest BCUT2D eigenvalue weighted by atomic mass is 79.9. The molecule has 1 aromatic rings. The first-order valence-corrected chi connectivity index (χ1v) is 7.63. The topological polar surface area (TPSA) is 63.7 Å². The van der Waals surface area contributed by atoms with E-state index in [1.165, 1.54) is 31.6 Å². The minimum atomic E-state index is -3.64. The highest BCUT2D eigenvalue weighted by Gasteiger charge is 2.26. The van der Waals surface area contributed by atoms with Gasteiger partial charge in [-0.15, -0.1) is 11.3 Å². The molecule has 0 saturated heterocycles. The number of sulfonamides is 1. The van der Waals surface area contributed by atoms with Gasteiger partial charge in [0.15, 0.2) is 0 Å². The highest BCUT2D eigenvalue weighted by Crippen LogP contribution is 2.31. The van der Waals surface area contributed by atoms with Crippen molar-refractivity contribution in [3.8, 4) is 0 Å². The molecule has 0 saturated carbocycles. The summed E-state index contributed by atoms with van der Waals surface area (Å²) in [6.45, 7) is 1.42. The Balaban J connectivity index is 3.03. The van der Waals surface area contributed by atoms with Gasteiger partial charge >= 0.3 is 5.97 Å². The van der Waals surface area contributed by atoms with Gasteiger partial charge in [0.1, 0.15) is 6.54 Å². The number of likely N-dealkylation sites (N-methyl/N-ethyl adjacent to an activating group) is 1. The van der Waals surface area contributed by atoms with Crippen LogP contribution in [0.2, 0.25) is 0 Å². The Bertz CT molecular complexity index is 523. The van der Waals surface area contributed by atoms with Crippen molar-refractivity contribution in [2.75, 3.05) is 20.7 Å². The predicted molar refractivity (Wildman–Crippen MR) is 68.6 cm³/mol. The van der Waals surface area contributed by atoms with Gasteiger partial charge in [0, 0.05) is 11.9 Å². The third-order valence-corrected chi connectivity index (χ3v) is 5.72. The van der Waals surface area contributed by atoms with Gasteiger partial charge in [-0.1, -0.05) is 0 Å². The second-order valence-corrected chi connectivity index (χ2v) is 7.96. The minimum Gasteiger partial charge on any atom is -0.468 e. The Morgan fingerprint density at radius 2 is 2.18 bits per heavy atom. The molecule has 0 aliphatic carbocycles. The summed E-state index contributed by atoms with van der Waals surface area (Å²) in [5, 5.41) is 0. The Morgan fingerprint density at radius 3 is 2.59 bits per heavy atom. The first kappa shape index (κ1) is 14.6. The van der Waals surface area contributed by atoms with E-state index in [0.717, 1.165) is 8.09 Å². The number of nitrogens with zero attached hydrogens (tertiary/aromatic N) is 1. The summed E-state index contributed by atoms with van der Waals surface area (Å²) >= 11 is 4.57. The summed E-state index contributed by atoms with van der Waals surface area (Å²) in [7, 11) is -1.08. The van der Waals surface area contributed by atoms with Gasteiger partial charge in [0.2, 0.25) is 10.0 Å². The van der Waals surface area contributed by atoms with Crippen molar-refractivity contribution in [1.82, 2.24) is 4.31 Å². The summed E-state index contributed by atoms with van der Waals surface area (Å²) in [6.07, 6.45) is 0. The van der Waals surface area contributed by atoms with Crippen LogP contribution in [0.1, 0.15) is 4.88 Å². The van der Waals surface area contributed by atoms with Gasteiger partial charge in [-0.05, 0) is 28.9 Å². The molecule has 0 aromatic carbocycles. The van der Waals surface area contributed by atoms with Crippen molar-refractivity contribution < 1.29 is 17.9 Å². The van der Waals surface area contributed by atoms with E-state index in [-0.39, 0.29) is 11.4 Å². The number of carbonyl (C=O) groups excluding carboxylic acids is 1. The number of ether oxygens (including phenoxy) is 1. The van der Waals surface area contributed by atoms with Crippen molar-refractivity contribution in [1.29, 1.82) is 0 Å². The molecule has 0 spiro atoms. The maximum absolute atomic E-state index is 12.1. The fraction of sp³-hybridized carbons (Fsp3) is 0.444. The normalized spacial score (nSPS) is 11.8. The van der Waals surface area contributed by atoms with Gasteiger partial charge in [0.05, 0.1) is 15.8 Å². The van der Waals surface area contributed by atoms with Gasteiger partial charge in [-0.2, -0.15) is 4.31 Å². The largest absolute Gasteiger partial charge is 0.468 e. The van der Waals surface area contributed by atoms with Crippen LogP contribution in [0.25, 0.3) is 0 Å². The van der Waals surface area contributed by atoms with Crippen LogP contribution in [0.5, 0.6) is 0 Å². The van der Waals surface area contributed by atoms with Gasteiger partial charge in [-0.25, -0.2) is 8.42 Å². The highest BCUT2D eigenvalue weighted by molar-refractivity contribution is 9.11. The third kappa shape index (κ3) is 3.27. The molecule has 0 atom stereocenters. The SMILES string of the molecule is COC(=O)CN(C)S(=O)(=O)c1cc(Br)sc1C. The zero-order valence-corrected chi connectivity index (χ0v) is 12.8. The standard InChI is InChI=1S/C9H12BrNO4S2/c1-6-7(4-8(10)16-6)17(13,14)11(2)5-9(12)15-3/h4H,5H2,1-3H3. The van der Waals surface area contributed by atoms with Gasteiger partial charge < -0.3 is 4.74 Å². The number of methoxy groups -OCH3 is 1. The predicted octanol–water partition coefficient (Wildman–Crippen LogP) is 1.61. The molecule has 0 fully saturated rings. The zero-order chi connectivity index (χ0) is 13.2. The van der Waals surface area contributed by atoms with Crippen LogP contribution in [-0.2, 0) is 19.6 Å². The molecular weight excluding hydrogens is 330 g/mol. The molecule has 0 bridgehead atoms. The number of halogens is 1. The molecule has 5 nitrogen and oxygen atoms in total. The molecule has 96 valence electrons. The van der Waals surface area contributed by atoms with E-state index < -0.39 is 16.0 Å². The van der Waals surface area contributed by atoms with Crippen LogP contribution < -0.4 is 0 Å². The van der Waals surface area contributed by atoms with Crippen LogP contribution in [0.4, 0.5) is 0 Å². The summed E-state index contributed by atoms with van der Waals surface area (Å²) in [5.74, 6) is -0.594. The monoisotopic (exact) mass is 341 g/mol. The lowest BCUT2D eigenvalue weighted by molar-refractivity contribution is -0.140. The number of esters is 1. The number of hydrogen-bond acceptors (Lipinski definition) is 5. The molecule has 0 radical (unpaired) electrons. The smallest absolute Gasteiger partial charge is 0.321 e. The van der Waals surface area contributed by atoms with Crippen LogP contribution in [0.15, 0.2) is 14.7 Å². The van der Waals surface area contributed by atoms with E-state index in [0.29, 0.717) is 4.88 Å². The molecule has 0 aliphatic heterocycles. The van der Waals surface area contributed by atoms with E-state index >= 15 is 0 Å². The quantitative estimate of drug-likeness (QED) is 0.780. The van der Waals surface area contributed by atoms with Crippen molar-refractivity contribution in [3.05, 3.63) is 14.7 Å². The molecular formula is C9H12BrNO4S2. The Hall–Kier alpha value is -0.440. The molecule has 0 aliphatic rings. The summed E-state index contributed by atoms with van der Waals surface area (Å²) in [6, 6.07) is 1.53. The van der Waals surface area contributed by atoms with Crippen molar-refractivity contribution in [3.63, 3.8) is 0 Å². The molecule has 1 heterocycles. The molecule has 0 N–H and O–H groups in total. The van der Waals surface area contributed by atoms with E-state index in [2.05, 4.69) is 20.7 Å². The Kier molecular flexibility index (Phi) is 4.70. The minimum absolute atomic E-state index is 0.209. The Morgan fingerprint density at radius 1 is 1.59 bits per heavy atom. The number of hydrogen-bond donors (Lipinski definition) is 0. The lowest BCUT2D eigenvalue weighted by atomic mass is 10.5. The number of thiophene rings is 1. The average Bonchev–Trinajstić information content (AvgIpc) is 2.58. The molecule has 1 rings (SSSR count). The van der Waals surface area contributed by atoms with Gasteiger partial charge in [0.25, 0.3) is 0 Å². The Labute approximate surface area is 113 Å². The van der Waals surface area contributed by atoms with E-state index in [1.807, 2.05) is 0 Å². The van der Waals surface area contributed by atoms with Crippen LogP contribution in [-0.4, -0.2) is 39.4 Å². The summed E-state index contributed by atoms with van der Waals surface area (Å²) in [5.41, 5.74) is 0. The lowest BCUT2D eigenvalue weighted by Gasteiger charge is -2.15. The van der Waals surface area contributed by atoms with Crippen LogP contribution in [0.3, 0.4) is 0 Å². The first-order valence-electron chi connectivity index (χ1n) is 4.58. The van der Waals surface area contributed by atoms with E-state index in [9.17, 15) is 13.2 Å². The van der Waals surface area contributed by atoms with Gasteiger partial charge in [-0.3, -0.25) is 4.79 Å². The second kappa shape index (κ2) is 5.47. The maximum Gasteiger partial charge on any atom is 0.321 e. The number of aryl methyl sites for hydroxylation is 1. The molecule has 1 aromatic heterocycles. The number of rotatable bonds is 4. The molecule has 17 heavy (non-hydrogen) atoms. The zero-order valence-electron chi connectivity index (χ0n) is 9.56. The fourth-order valence-electron chi connectivity index (χ4n) is 1.19. The van der Waals surface area contributed by atoms with Crippen LogP contribution >= 0.6 is 27.3 Å². The third-order valence-electron chi connectivity index (χ3n) is 2.11. The van der Waals surface area contributed by atoms with E-state index in [4.69, 9.17) is 0 Å². The van der Waals surface area contributed by atoms with Crippen molar-refractivity contribution in [2.45, 2.75) is 11.8 Å². The lowest BCUT2D eigenvalue weighted by Crippen LogP contribution is -2.32. The van der Waals surface area contributed by atoms with Crippen molar-refractivity contribution in [2.24, 2.45) is 0 Å². The first-order chi connectivity index (χ1) is 7.78. The molecule has 0 unspecified atom stereocenters. The number of carbonyl (C=O) groups is 1. The summed E-state index contributed by atoms with van der Waals surface area (Å²) < 4.78 is 30.4. The average molecular weight is 342 g/mol. The maximum atomic E-state index is 12.1. The molecule has 8 heteroatoms. The summed E-state index contributed by atoms with van der Waals surface area (Å²) in [4.78, 5) is 11.9. The molecule has 0 amide bonds. The van der Waals surface area contributed by atoms with Crippen LogP contribution in [0, 0.1) is 6.92 Å². The van der Waals surface area contributed by atoms with E-state index in [1.54, 1.807) is 6.92 Å². The fourth-order valence-corrected chi connectivity index (χ4v) is 4.68. The second-order valence-electron chi connectivity index (χ2n) is 3.31. The van der Waals surface area contributed by atoms with Crippen molar-refractivity contribution >= 4 is 43.3 Å².